The summed E-state index contributed by atoms with van der Waals surface area (Å²) in [6, 6.07) is 2.70. The van der Waals surface area contributed by atoms with Gasteiger partial charge >= 0.3 is 113 Å². The second kappa shape index (κ2) is 128. The van der Waals surface area contributed by atoms with E-state index in [9.17, 15) is 91.1 Å². The van der Waals surface area contributed by atoms with E-state index in [4.69, 9.17) is 190 Å². The number of aromatic carboxylic acids is 3. The lowest BCUT2D eigenvalue weighted by Gasteiger charge is -2.07. The van der Waals surface area contributed by atoms with Crippen LogP contribution >= 0.6 is 0 Å². The van der Waals surface area contributed by atoms with Gasteiger partial charge in [-0.3, -0.25) is 47.9 Å². The smallest absolute Gasteiger partial charge is 0.335 e. The molecule has 0 aliphatic rings. The highest BCUT2D eigenvalue weighted by Gasteiger charge is 2.16. The van der Waals surface area contributed by atoms with Gasteiger partial charge in [0.15, 0.2) is 12.2 Å². The van der Waals surface area contributed by atoms with Gasteiger partial charge in [-0.05, 0) is 70.6 Å². The molecule has 0 aliphatic heterocycles. The standard InChI is InChI=1S/C10H18O6.C9H6O6.C9H16O5.C8H14O7.C8H14O5.2C6H10O6.C5H8O5.C4H6O5.7C2H4O2.2CH4/c11-9(12)4-2-1-3-5-15-6-7-16-8-10(13)14;10-7(11)4-1-5(8(12)13)3-6(2-4)9(14)15;1-7(9(12)13)14-6-4-2-3-5-8(10)11;9-7(10)5-14-3-1-13-2-4-15-6-8(11)12;9-7(10)4-2-1-3-5-13-6-8(11)12;2*7-5(8)3-11-1-2-12-4-6(9)10;1-3(5(8)9)10-2-4(6)7;5-3(6)1-9-2-4(7)8;7*1-2(3)4;;/h1-8H2,(H,11,12)(H,13,14);1-3H,(H,10,11)(H,12,13)(H,14,15);7H,2-6H2,1H3,(H,10,11)(H,12,13);1-6H2,(H,9,10)(H,11,12);1-6H2,(H,9,10)(H,11,12);2*1-4H2,(H,7,8)(H,9,10);3H,2H2,1H3,(H,6,7)(H,8,9);1-2H2,(H,5,6)(H,7,8);7*1H3,(H,3,4);2*1H4. The molecule has 65 nitrogen and oxygen atoms in total. The average Bonchev–Trinajstić information content (AvgIpc) is 0.839. The fourth-order valence-corrected chi connectivity index (χ4v) is 5.76. The fraction of sp³-hybridized carbons (Fsp3) is 0.605. The number of carboxylic acid groups (broad SMARTS) is 26. The molecule has 0 amide bonds. The molecule has 2 atom stereocenters. The van der Waals surface area contributed by atoms with Crippen molar-refractivity contribution in [3.05, 3.63) is 34.9 Å². The third kappa shape index (κ3) is 261. The first-order chi connectivity index (χ1) is 66.4. The second-order valence-electron chi connectivity index (χ2n) is 24.6. The quantitative estimate of drug-likeness (QED) is 0.0412. The molecule has 0 spiro atoms. The molecule has 26 N–H and O–H groups in total. The molecule has 1 aromatic rings. The number of ether oxygens (including phenoxy) is 13. The first kappa shape index (κ1) is 170. The number of rotatable bonds is 62. The molecule has 0 bridgehead atoms. The maximum absolute atomic E-state index is 10.6. The zero-order valence-electron chi connectivity index (χ0n) is 79.4. The van der Waals surface area contributed by atoms with Gasteiger partial charge < -0.3 is 194 Å². The lowest BCUT2D eigenvalue weighted by Crippen LogP contribution is -2.23. The highest BCUT2D eigenvalue weighted by molar-refractivity contribution is 5.99. The average molecular weight is 2150 g/mol. The molecular formula is C81H138O65. The predicted octanol–water partition coefficient (Wildman–Crippen LogP) is 1.61. The molecule has 2 unspecified atom stereocenters. The molecule has 146 heavy (non-hydrogen) atoms. The van der Waals surface area contributed by atoms with Crippen LogP contribution in [0.15, 0.2) is 18.2 Å². The second-order valence-corrected chi connectivity index (χ2v) is 24.6. The van der Waals surface area contributed by atoms with E-state index in [2.05, 4.69) is 37.9 Å². The van der Waals surface area contributed by atoms with Gasteiger partial charge in [-0.25, -0.2) is 76.7 Å². The maximum atomic E-state index is 10.6. The zero-order chi connectivity index (χ0) is 116. The first-order valence-corrected chi connectivity index (χ1v) is 39.7. The first-order valence-electron chi connectivity index (χ1n) is 39.7. The van der Waals surface area contributed by atoms with Crippen molar-refractivity contribution in [3.63, 3.8) is 0 Å². The Balaban J connectivity index is -0.0000000827. The summed E-state index contributed by atoms with van der Waals surface area (Å²) >= 11 is 0. The summed E-state index contributed by atoms with van der Waals surface area (Å²) < 4.78 is 60.7. The summed E-state index contributed by atoms with van der Waals surface area (Å²) in [6.07, 6.45) is 5.12. The highest BCUT2D eigenvalue weighted by atomic mass is 16.6. The molecule has 1 rings (SSSR count). The summed E-state index contributed by atoms with van der Waals surface area (Å²) in [4.78, 5) is 254. The van der Waals surface area contributed by atoms with Gasteiger partial charge in [-0.15, -0.1) is 0 Å². The van der Waals surface area contributed by atoms with Crippen molar-refractivity contribution in [2.24, 2.45) is 0 Å². The Labute approximate surface area is 831 Å². The van der Waals surface area contributed by atoms with Gasteiger partial charge in [-0.1, -0.05) is 34.1 Å². The van der Waals surface area contributed by atoms with E-state index in [-0.39, 0.29) is 137 Å². The molecule has 0 aliphatic carbocycles. The molecule has 852 valence electrons. The van der Waals surface area contributed by atoms with E-state index in [1.54, 1.807) is 0 Å². The van der Waals surface area contributed by atoms with Crippen molar-refractivity contribution in [2.75, 3.05) is 159 Å². The Hall–Kier alpha value is -15.1. The Kier molecular flexibility index (Phi) is 149. The minimum atomic E-state index is -1.37. The summed E-state index contributed by atoms with van der Waals surface area (Å²) in [5.41, 5.74) is -1.10. The van der Waals surface area contributed by atoms with Crippen molar-refractivity contribution < 1.29 is 319 Å². The van der Waals surface area contributed by atoms with Crippen molar-refractivity contribution in [1.82, 2.24) is 0 Å². The van der Waals surface area contributed by atoms with Gasteiger partial charge in [-0.2, -0.15) is 0 Å². The number of carboxylic acids is 26. The largest absolute Gasteiger partial charge is 0.481 e. The predicted molar refractivity (Wildman–Crippen MR) is 481 cm³/mol. The number of unbranched alkanes of at least 4 members (excludes halogenated alkanes) is 6. The van der Waals surface area contributed by atoms with Crippen LogP contribution in [0.1, 0.15) is 185 Å². The Bertz CT molecular complexity index is 3370. The minimum absolute atomic E-state index is 0. The van der Waals surface area contributed by atoms with Crippen LogP contribution < -0.4 is 0 Å². The van der Waals surface area contributed by atoms with Crippen LogP contribution in [0.2, 0.25) is 0 Å². The molecule has 0 heterocycles. The Morgan fingerprint density at radius 2 is 0.329 bits per heavy atom. The summed E-state index contributed by atoms with van der Waals surface area (Å²) in [5, 5.41) is 208. The SMILES string of the molecule is C.C.CC(=O)O.CC(=O)O.CC(=O)O.CC(=O)O.CC(=O)O.CC(=O)O.CC(=O)O.CC(OCC(=O)O)C(=O)O.CC(OCCCCCC(=O)O)C(=O)O.O=C(O)CCCCCOCC(=O)O.O=C(O)CCCCCOCCOCC(=O)O.O=C(O)COCC(=O)O.O=C(O)COCCOCC(=O)O.O=C(O)COCCOCC(=O)O.O=C(O)COCCOCCOCC(=O)O.O=C(O)c1cc(C(=O)O)cc(C(=O)O)c1. The van der Waals surface area contributed by atoms with Crippen LogP contribution in [0.5, 0.6) is 0 Å². The highest BCUT2D eigenvalue weighted by Crippen LogP contribution is 2.12. The van der Waals surface area contributed by atoms with Gasteiger partial charge in [0.05, 0.1) is 82.8 Å². The van der Waals surface area contributed by atoms with Crippen LogP contribution in [0.4, 0.5) is 0 Å². The minimum Gasteiger partial charge on any atom is -0.481 e. The molecule has 0 fully saturated rings. The summed E-state index contributed by atoms with van der Waals surface area (Å²) in [5.74, 6) is -26.3. The number of benzene rings is 1. The van der Waals surface area contributed by atoms with Gasteiger partial charge in [0.25, 0.3) is 41.8 Å². The lowest BCUT2D eigenvalue weighted by atomic mass is 10.1. The van der Waals surface area contributed by atoms with Crippen molar-refractivity contribution in [1.29, 1.82) is 0 Å². The number of hydrogen-bond donors (Lipinski definition) is 26. The molecule has 0 aromatic heterocycles. The number of hydrogen-bond acceptors (Lipinski definition) is 39. The molecule has 0 saturated heterocycles. The molecular weight excluding hydrogens is 2010 g/mol. The van der Waals surface area contributed by atoms with Gasteiger partial charge in [0.1, 0.15) is 72.7 Å². The van der Waals surface area contributed by atoms with Gasteiger partial charge in [0.2, 0.25) is 0 Å². The summed E-state index contributed by atoms with van der Waals surface area (Å²) in [7, 11) is 0. The normalized spacial score (nSPS) is 9.40. The van der Waals surface area contributed by atoms with E-state index in [1.165, 1.54) is 13.8 Å². The third-order valence-electron chi connectivity index (χ3n) is 10.7. The third-order valence-corrected chi connectivity index (χ3v) is 10.7. The molecule has 65 heteroatoms. The number of aliphatic carboxylic acids is 23. The van der Waals surface area contributed by atoms with E-state index in [1.807, 2.05) is 0 Å². The van der Waals surface area contributed by atoms with Crippen molar-refractivity contribution in [2.45, 2.75) is 166 Å². The Morgan fingerprint density at radius 3 is 0.493 bits per heavy atom. The zero-order valence-corrected chi connectivity index (χ0v) is 79.4. The van der Waals surface area contributed by atoms with Crippen molar-refractivity contribution in [3.8, 4) is 0 Å². The van der Waals surface area contributed by atoms with Gasteiger partial charge in [0, 0.05) is 87.5 Å². The molecule has 0 radical (unpaired) electrons. The van der Waals surface area contributed by atoms with Crippen LogP contribution in [0.25, 0.3) is 0 Å². The lowest BCUT2D eigenvalue weighted by molar-refractivity contribution is -0.155. The number of carbonyl (C=O) groups is 26. The van der Waals surface area contributed by atoms with Crippen LogP contribution in [-0.2, 0) is 172 Å². The maximum Gasteiger partial charge on any atom is 0.335 e. The Morgan fingerprint density at radius 1 is 0.185 bits per heavy atom. The van der Waals surface area contributed by atoms with E-state index in [0.717, 1.165) is 92.3 Å². The van der Waals surface area contributed by atoms with Crippen LogP contribution in [0.3, 0.4) is 0 Å². The van der Waals surface area contributed by atoms with Crippen LogP contribution in [-0.4, -0.2) is 459 Å². The van der Waals surface area contributed by atoms with E-state index < -0.39 is 214 Å². The summed E-state index contributed by atoms with van der Waals surface area (Å²) in [6.45, 7) is 8.92. The fourth-order valence-electron chi connectivity index (χ4n) is 5.76. The van der Waals surface area contributed by atoms with Crippen LogP contribution in [0, 0.1) is 0 Å². The van der Waals surface area contributed by atoms with E-state index in [0.29, 0.717) is 58.5 Å². The molecule has 1 aromatic carbocycles. The van der Waals surface area contributed by atoms with E-state index >= 15 is 0 Å². The monoisotopic (exact) mass is 2150 g/mol. The molecule has 0 saturated carbocycles. The van der Waals surface area contributed by atoms with Crippen molar-refractivity contribution >= 4 is 155 Å². The topological polar surface area (TPSA) is 1090 Å².